The molecule has 0 bridgehead atoms. The fourth-order valence-corrected chi connectivity index (χ4v) is 1.92. The molecule has 6 heteroatoms. The Balaban J connectivity index is 1.95. The Bertz CT molecular complexity index is 598. The van der Waals surface area contributed by atoms with Crippen molar-refractivity contribution in [2.45, 2.75) is 13.5 Å². The second-order valence-corrected chi connectivity index (χ2v) is 5.43. The van der Waals surface area contributed by atoms with Crippen molar-refractivity contribution in [3.05, 3.63) is 47.4 Å². The lowest BCUT2D eigenvalue weighted by Gasteiger charge is -2.12. The molecule has 0 aliphatic heterocycles. The third kappa shape index (κ3) is 5.29. The topological polar surface area (TPSA) is 53.1 Å². The largest absolute Gasteiger partial charge is 0.366 e. The third-order valence-electron chi connectivity index (χ3n) is 3.08. The van der Waals surface area contributed by atoms with Crippen LogP contribution in [0.1, 0.15) is 11.3 Å². The van der Waals surface area contributed by atoms with Gasteiger partial charge in [0.2, 0.25) is 5.95 Å². The zero-order chi connectivity index (χ0) is 15.9. The van der Waals surface area contributed by atoms with E-state index < -0.39 is 0 Å². The molecule has 22 heavy (non-hydrogen) atoms. The van der Waals surface area contributed by atoms with E-state index in [1.807, 2.05) is 27.1 Å². The van der Waals surface area contributed by atoms with Crippen molar-refractivity contribution in [1.82, 2.24) is 14.9 Å². The second-order valence-electron chi connectivity index (χ2n) is 5.43. The van der Waals surface area contributed by atoms with E-state index in [1.54, 1.807) is 12.1 Å². The van der Waals surface area contributed by atoms with Gasteiger partial charge in [0.05, 0.1) is 0 Å². The number of rotatable bonds is 7. The number of aromatic nitrogens is 2. The van der Waals surface area contributed by atoms with Crippen molar-refractivity contribution in [2.24, 2.45) is 0 Å². The van der Waals surface area contributed by atoms with Gasteiger partial charge in [-0.25, -0.2) is 9.37 Å². The minimum absolute atomic E-state index is 0.228. The van der Waals surface area contributed by atoms with E-state index in [0.717, 1.165) is 30.2 Å². The number of likely N-dealkylation sites (N-methyl/N-ethyl adjacent to an activating group) is 1. The molecule has 1 aromatic carbocycles. The number of aryl methyl sites for hydroxylation is 1. The van der Waals surface area contributed by atoms with Gasteiger partial charge in [0, 0.05) is 31.4 Å². The zero-order valence-corrected chi connectivity index (χ0v) is 13.2. The van der Waals surface area contributed by atoms with Gasteiger partial charge in [0.25, 0.3) is 0 Å². The van der Waals surface area contributed by atoms with Crippen LogP contribution in [0, 0.1) is 12.7 Å². The van der Waals surface area contributed by atoms with Gasteiger partial charge in [-0.15, -0.1) is 0 Å². The fourth-order valence-electron chi connectivity index (χ4n) is 1.92. The highest BCUT2D eigenvalue weighted by Gasteiger charge is 2.02. The van der Waals surface area contributed by atoms with E-state index in [-0.39, 0.29) is 5.82 Å². The van der Waals surface area contributed by atoms with E-state index in [1.165, 1.54) is 12.1 Å². The van der Waals surface area contributed by atoms with Gasteiger partial charge >= 0.3 is 0 Å². The van der Waals surface area contributed by atoms with Gasteiger partial charge in [-0.1, -0.05) is 12.1 Å². The predicted molar refractivity (Wildman–Crippen MR) is 87.5 cm³/mol. The molecule has 2 rings (SSSR count). The van der Waals surface area contributed by atoms with Crippen molar-refractivity contribution in [2.75, 3.05) is 37.8 Å². The Labute approximate surface area is 130 Å². The lowest BCUT2D eigenvalue weighted by molar-refractivity contribution is 0.425. The predicted octanol–water partition coefficient (Wildman–Crippen LogP) is 2.51. The Morgan fingerprint density at radius 2 is 1.82 bits per heavy atom. The minimum Gasteiger partial charge on any atom is -0.366 e. The first kappa shape index (κ1) is 16.2. The Morgan fingerprint density at radius 1 is 1.09 bits per heavy atom. The van der Waals surface area contributed by atoms with Crippen LogP contribution in [0.15, 0.2) is 30.3 Å². The van der Waals surface area contributed by atoms with Crippen LogP contribution in [-0.4, -0.2) is 42.1 Å². The SMILES string of the molecule is Cc1cc(NCc2ccc(F)cc2)nc(NCCN(C)C)n1. The average Bonchev–Trinajstić information content (AvgIpc) is 2.46. The maximum absolute atomic E-state index is 12.9. The van der Waals surface area contributed by atoms with Crippen LogP contribution in [0.5, 0.6) is 0 Å². The van der Waals surface area contributed by atoms with E-state index in [9.17, 15) is 4.39 Å². The van der Waals surface area contributed by atoms with Crippen molar-refractivity contribution in [1.29, 1.82) is 0 Å². The molecular formula is C16H22FN5. The van der Waals surface area contributed by atoms with Crippen LogP contribution >= 0.6 is 0 Å². The summed E-state index contributed by atoms with van der Waals surface area (Å²) >= 11 is 0. The van der Waals surface area contributed by atoms with Gasteiger partial charge in [-0.05, 0) is 38.7 Å². The number of halogens is 1. The third-order valence-corrected chi connectivity index (χ3v) is 3.08. The van der Waals surface area contributed by atoms with Crippen LogP contribution < -0.4 is 10.6 Å². The van der Waals surface area contributed by atoms with Crippen molar-refractivity contribution in [3.63, 3.8) is 0 Å². The number of benzene rings is 1. The first-order valence-electron chi connectivity index (χ1n) is 7.25. The summed E-state index contributed by atoms with van der Waals surface area (Å²) in [6.45, 7) is 4.22. The lowest BCUT2D eigenvalue weighted by atomic mass is 10.2. The molecule has 0 radical (unpaired) electrons. The highest BCUT2D eigenvalue weighted by molar-refractivity contribution is 5.42. The maximum Gasteiger partial charge on any atom is 0.224 e. The van der Waals surface area contributed by atoms with Gasteiger partial charge in [-0.3, -0.25) is 0 Å². The number of anilines is 2. The molecule has 2 aromatic rings. The summed E-state index contributed by atoms with van der Waals surface area (Å²) in [4.78, 5) is 10.9. The molecule has 1 heterocycles. The van der Waals surface area contributed by atoms with Gasteiger partial charge in [-0.2, -0.15) is 4.98 Å². The van der Waals surface area contributed by atoms with E-state index in [2.05, 4.69) is 25.5 Å². The van der Waals surface area contributed by atoms with Crippen LogP contribution in [0.4, 0.5) is 16.2 Å². The zero-order valence-electron chi connectivity index (χ0n) is 13.2. The van der Waals surface area contributed by atoms with Crippen molar-refractivity contribution >= 4 is 11.8 Å². The summed E-state index contributed by atoms with van der Waals surface area (Å²) in [5.41, 5.74) is 1.89. The Morgan fingerprint density at radius 3 is 2.50 bits per heavy atom. The molecule has 0 aliphatic carbocycles. The number of hydrogen-bond donors (Lipinski definition) is 2. The molecule has 0 unspecified atom stereocenters. The molecule has 1 aromatic heterocycles. The summed E-state index contributed by atoms with van der Waals surface area (Å²) in [6.07, 6.45) is 0. The molecule has 0 fully saturated rings. The summed E-state index contributed by atoms with van der Waals surface area (Å²) in [5.74, 6) is 1.14. The van der Waals surface area contributed by atoms with Crippen LogP contribution in [-0.2, 0) is 6.54 Å². The molecule has 0 atom stereocenters. The number of nitrogens with zero attached hydrogens (tertiary/aromatic N) is 3. The van der Waals surface area contributed by atoms with E-state index in [0.29, 0.717) is 12.5 Å². The summed E-state index contributed by atoms with van der Waals surface area (Å²) < 4.78 is 12.9. The van der Waals surface area contributed by atoms with E-state index >= 15 is 0 Å². The standard InChI is InChI=1S/C16H22FN5/c1-12-10-15(19-11-13-4-6-14(17)7-5-13)21-16(20-12)18-8-9-22(2)3/h4-7,10H,8-9,11H2,1-3H3,(H2,18,19,20,21). The summed E-state index contributed by atoms with van der Waals surface area (Å²) in [6, 6.07) is 8.31. The molecular weight excluding hydrogens is 281 g/mol. The average molecular weight is 303 g/mol. The fraction of sp³-hybridized carbons (Fsp3) is 0.375. The van der Waals surface area contributed by atoms with Crippen LogP contribution in [0.3, 0.4) is 0 Å². The van der Waals surface area contributed by atoms with Crippen molar-refractivity contribution < 1.29 is 4.39 Å². The highest BCUT2D eigenvalue weighted by atomic mass is 19.1. The normalized spacial score (nSPS) is 10.8. The molecule has 2 N–H and O–H groups in total. The molecule has 0 amide bonds. The molecule has 118 valence electrons. The smallest absolute Gasteiger partial charge is 0.224 e. The summed E-state index contributed by atoms with van der Waals surface area (Å²) in [7, 11) is 4.04. The number of hydrogen-bond acceptors (Lipinski definition) is 5. The molecule has 0 spiro atoms. The Kier molecular flexibility index (Phi) is 5.66. The molecule has 0 saturated carbocycles. The molecule has 0 aliphatic rings. The highest BCUT2D eigenvalue weighted by Crippen LogP contribution is 2.11. The maximum atomic E-state index is 12.9. The second kappa shape index (κ2) is 7.70. The van der Waals surface area contributed by atoms with Crippen molar-refractivity contribution in [3.8, 4) is 0 Å². The van der Waals surface area contributed by atoms with Gasteiger partial charge < -0.3 is 15.5 Å². The monoisotopic (exact) mass is 303 g/mol. The molecule has 0 saturated heterocycles. The van der Waals surface area contributed by atoms with Gasteiger partial charge in [0.1, 0.15) is 11.6 Å². The van der Waals surface area contributed by atoms with Crippen LogP contribution in [0.25, 0.3) is 0 Å². The first-order chi connectivity index (χ1) is 10.5. The Hall–Kier alpha value is -2.21. The number of nitrogens with one attached hydrogen (secondary N) is 2. The lowest BCUT2D eigenvalue weighted by Crippen LogP contribution is -2.21. The van der Waals surface area contributed by atoms with Crippen LogP contribution in [0.2, 0.25) is 0 Å². The minimum atomic E-state index is -0.228. The summed E-state index contributed by atoms with van der Waals surface area (Å²) in [5, 5.41) is 6.45. The van der Waals surface area contributed by atoms with E-state index in [4.69, 9.17) is 0 Å². The molecule has 5 nitrogen and oxygen atoms in total. The quantitative estimate of drug-likeness (QED) is 0.823. The van der Waals surface area contributed by atoms with Gasteiger partial charge in [0.15, 0.2) is 0 Å². The first-order valence-corrected chi connectivity index (χ1v) is 7.25.